The molecule has 1 aliphatic rings. The van der Waals surface area contributed by atoms with Crippen LogP contribution in [0.3, 0.4) is 0 Å². The van der Waals surface area contributed by atoms with E-state index in [0.717, 1.165) is 11.0 Å². The summed E-state index contributed by atoms with van der Waals surface area (Å²) in [7, 11) is 0. The Morgan fingerprint density at radius 3 is 2.82 bits per heavy atom. The minimum absolute atomic E-state index is 0.0581. The van der Waals surface area contributed by atoms with Crippen LogP contribution in [0.4, 0.5) is 5.69 Å². The molecule has 1 aromatic carbocycles. The van der Waals surface area contributed by atoms with Gasteiger partial charge in [0.25, 0.3) is 5.91 Å². The maximum atomic E-state index is 12.0. The summed E-state index contributed by atoms with van der Waals surface area (Å²) in [5.74, 6) is -0.0581. The Hall–Kier alpha value is -1.03. The summed E-state index contributed by atoms with van der Waals surface area (Å²) >= 11 is 3.37. The lowest BCUT2D eigenvalue weighted by Gasteiger charge is -2.38. The number of amides is 1. The van der Waals surface area contributed by atoms with E-state index in [1.54, 1.807) is 18.2 Å². The molecule has 0 heterocycles. The van der Waals surface area contributed by atoms with Crippen molar-refractivity contribution in [1.29, 1.82) is 0 Å². The van der Waals surface area contributed by atoms with Crippen LogP contribution in [-0.4, -0.2) is 12.5 Å². The van der Waals surface area contributed by atoms with Gasteiger partial charge in [0.1, 0.15) is 0 Å². The second-order valence-electron chi connectivity index (χ2n) is 5.09. The first-order valence-electron chi connectivity index (χ1n) is 5.83. The predicted octanol–water partition coefficient (Wildman–Crippen LogP) is 2.95. The van der Waals surface area contributed by atoms with Crippen LogP contribution < -0.4 is 11.1 Å². The summed E-state index contributed by atoms with van der Waals surface area (Å²) in [5, 5.41) is 2.98. The van der Waals surface area contributed by atoms with E-state index in [2.05, 4.69) is 28.2 Å². The van der Waals surface area contributed by atoms with Crippen molar-refractivity contribution in [2.45, 2.75) is 26.2 Å². The van der Waals surface area contributed by atoms with Crippen molar-refractivity contribution in [3.63, 3.8) is 0 Å². The number of halogens is 1. The quantitative estimate of drug-likeness (QED) is 0.843. The van der Waals surface area contributed by atoms with Crippen LogP contribution in [0.1, 0.15) is 36.5 Å². The summed E-state index contributed by atoms with van der Waals surface area (Å²) in [6.07, 6.45) is 3.67. The number of carbonyl (C=O) groups excluding carboxylic acids is 1. The summed E-state index contributed by atoms with van der Waals surface area (Å²) in [4.78, 5) is 12.0. The molecule has 0 aromatic heterocycles. The van der Waals surface area contributed by atoms with Crippen molar-refractivity contribution in [3.05, 3.63) is 28.2 Å². The summed E-state index contributed by atoms with van der Waals surface area (Å²) in [6, 6.07) is 5.27. The van der Waals surface area contributed by atoms with E-state index in [1.807, 2.05) is 0 Å². The fraction of sp³-hybridized carbons (Fsp3) is 0.462. The summed E-state index contributed by atoms with van der Waals surface area (Å²) in [5.41, 5.74) is 7.19. The molecule has 2 rings (SSSR count). The number of benzene rings is 1. The predicted molar refractivity (Wildman–Crippen MR) is 72.8 cm³/mol. The molecule has 17 heavy (non-hydrogen) atoms. The van der Waals surface area contributed by atoms with Gasteiger partial charge in [-0.3, -0.25) is 4.79 Å². The van der Waals surface area contributed by atoms with E-state index < -0.39 is 0 Å². The van der Waals surface area contributed by atoms with Gasteiger partial charge in [0.2, 0.25) is 0 Å². The topological polar surface area (TPSA) is 55.1 Å². The molecule has 0 atom stereocenters. The number of nitrogens with two attached hydrogens (primary N) is 1. The van der Waals surface area contributed by atoms with E-state index in [4.69, 9.17) is 5.73 Å². The van der Waals surface area contributed by atoms with Crippen molar-refractivity contribution in [2.75, 3.05) is 12.3 Å². The second-order valence-corrected chi connectivity index (χ2v) is 5.94. The van der Waals surface area contributed by atoms with Gasteiger partial charge >= 0.3 is 0 Å². The Morgan fingerprint density at radius 2 is 2.24 bits per heavy atom. The van der Waals surface area contributed by atoms with Crippen LogP contribution in [0, 0.1) is 5.41 Å². The Morgan fingerprint density at radius 1 is 1.53 bits per heavy atom. The fourth-order valence-corrected chi connectivity index (χ4v) is 2.49. The average molecular weight is 297 g/mol. The van der Waals surface area contributed by atoms with E-state index in [0.29, 0.717) is 16.7 Å². The van der Waals surface area contributed by atoms with Crippen molar-refractivity contribution in [3.8, 4) is 0 Å². The molecule has 3 N–H and O–H groups in total. The lowest BCUT2D eigenvalue weighted by Crippen LogP contribution is -2.40. The molecule has 1 saturated carbocycles. The highest BCUT2D eigenvalue weighted by molar-refractivity contribution is 9.10. The first-order chi connectivity index (χ1) is 8.00. The monoisotopic (exact) mass is 296 g/mol. The van der Waals surface area contributed by atoms with Gasteiger partial charge in [-0.25, -0.2) is 0 Å². The third-order valence-corrected chi connectivity index (χ3v) is 4.16. The highest BCUT2D eigenvalue weighted by Crippen LogP contribution is 2.39. The summed E-state index contributed by atoms with van der Waals surface area (Å²) in [6.45, 7) is 2.96. The van der Waals surface area contributed by atoms with Gasteiger partial charge in [0.15, 0.2) is 0 Å². The van der Waals surface area contributed by atoms with Crippen LogP contribution in [0.2, 0.25) is 0 Å². The molecule has 0 unspecified atom stereocenters. The minimum Gasteiger partial charge on any atom is -0.399 e. The second kappa shape index (κ2) is 4.69. The minimum atomic E-state index is -0.0581. The molecule has 3 nitrogen and oxygen atoms in total. The largest absolute Gasteiger partial charge is 0.399 e. The van der Waals surface area contributed by atoms with Gasteiger partial charge in [-0.1, -0.05) is 13.3 Å². The van der Waals surface area contributed by atoms with E-state index in [9.17, 15) is 4.79 Å². The van der Waals surface area contributed by atoms with Crippen molar-refractivity contribution in [1.82, 2.24) is 5.32 Å². The molecule has 0 aliphatic heterocycles. The smallest absolute Gasteiger partial charge is 0.252 e. The third kappa shape index (κ3) is 2.80. The van der Waals surface area contributed by atoms with Crippen molar-refractivity contribution >= 4 is 27.5 Å². The highest BCUT2D eigenvalue weighted by Gasteiger charge is 2.32. The SMILES string of the molecule is CC1(CNC(=O)c2cc(N)ccc2Br)CCC1. The third-order valence-electron chi connectivity index (χ3n) is 3.47. The Bertz CT molecular complexity index is 441. The zero-order chi connectivity index (χ0) is 12.5. The van der Waals surface area contributed by atoms with Gasteiger partial charge in [-0.15, -0.1) is 0 Å². The molecule has 0 radical (unpaired) electrons. The van der Waals surface area contributed by atoms with Gasteiger partial charge in [-0.05, 0) is 52.4 Å². The van der Waals surface area contributed by atoms with Gasteiger partial charge in [-0.2, -0.15) is 0 Å². The first-order valence-corrected chi connectivity index (χ1v) is 6.63. The number of hydrogen-bond donors (Lipinski definition) is 2. The molecule has 0 bridgehead atoms. The summed E-state index contributed by atoms with van der Waals surface area (Å²) < 4.78 is 0.781. The molecule has 4 heteroatoms. The maximum Gasteiger partial charge on any atom is 0.252 e. The van der Waals surface area contributed by atoms with Crippen molar-refractivity contribution in [2.24, 2.45) is 5.41 Å². The number of rotatable bonds is 3. The molecule has 0 saturated heterocycles. The molecular weight excluding hydrogens is 280 g/mol. The van der Waals surface area contributed by atoms with Crippen LogP contribution in [-0.2, 0) is 0 Å². The highest BCUT2D eigenvalue weighted by atomic mass is 79.9. The van der Waals surface area contributed by atoms with Crippen LogP contribution in [0.15, 0.2) is 22.7 Å². The molecular formula is C13H17BrN2O. The zero-order valence-corrected chi connectivity index (χ0v) is 11.5. The standard InChI is InChI=1S/C13H17BrN2O/c1-13(5-2-6-13)8-16-12(17)10-7-9(15)3-4-11(10)14/h3-4,7H,2,5-6,8,15H2,1H3,(H,16,17). The van der Waals surface area contributed by atoms with E-state index in [-0.39, 0.29) is 5.91 Å². The Balaban J connectivity index is 2.01. The Labute approximate surface area is 110 Å². The molecule has 1 aliphatic carbocycles. The van der Waals surface area contributed by atoms with Crippen LogP contribution in [0.25, 0.3) is 0 Å². The van der Waals surface area contributed by atoms with E-state index >= 15 is 0 Å². The van der Waals surface area contributed by atoms with E-state index in [1.165, 1.54) is 19.3 Å². The zero-order valence-electron chi connectivity index (χ0n) is 9.92. The lowest BCUT2D eigenvalue weighted by molar-refractivity contribution is 0.0890. The number of nitrogen functional groups attached to an aromatic ring is 1. The Kier molecular flexibility index (Phi) is 3.43. The molecule has 92 valence electrons. The lowest BCUT2D eigenvalue weighted by atomic mass is 9.70. The number of anilines is 1. The molecule has 1 amide bonds. The molecule has 0 spiro atoms. The van der Waals surface area contributed by atoms with Gasteiger partial charge < -0.3 is 11.1 Å². The van der Waals surface area contributed by atoms with Gasteiger partial charge in [0, 0.05) is 16.7 Å². The number of hydrogen-bond acceptors (Lipinski definition) is 2. The van der Waals surface area contributed by atoms with Crippen molar-refractivity contribution < 1.29 is 4.79 Å². The normalized spacial score (nSPS) is 17.3. The average Bonchev–Trinajstić information content (AvgIpc) is 2.26. The first kappa shape index (κ1) is 12.4. The molecule has 1 aromatic rings. The maximum absolute atomic E-state index is 12.0. The van der Waals surface area contributed by atoms with Gasteiger partial charge in [0.05, 0.1) is 5.56 Å². The number of carbonyl (C=O) groups is 1. The molecule has 1 fully saturated rings. The fourth-order valence-electron chi connectivity index (χ4n) is 2.06. The van der Waals surface area contributed by atoms with Crippen LogP contribution in [0.5, 0.6) is 0 Å². The van der Waals surface area contributed by atoms with Crippen LogP contribution >= 0.6 is 15.9 Å². The number of nitrogens with one attached hydrogen (secondary N) is 1.